The molecule has 148 valence electrons. The van der Waals surface area contributed by atoms with Gasteiger partial charge < -0.3 is 9.15 Å². The Bertz CT molecular complexity index is 1060. The van der Waals surface area contributed by atoms with Gasteiger partial charge in [-0.2, -0.15) is 0 Å². The maximum atomic E-state index is 5.98. The molecule has 0 amide bonds. The van der Waals surface area contributed by atoms with Gasteiger partial charge in [-0.25, -0.2) is 0 Å². The van der Waals surface area contributed by atoms with Crippen molar-refractivity contribution in [3.05, 3.63) is 87.9 Å². The third-order valence-electron chi connectivity index (χ3n) is 4.64. The number of benzene rings is 2. The molecule has 2 heterocycles. The standard InChI is InChI=1S/C23H23N3O2S/c1-17-7-5-9-18(13-17)23-25-24-22(28-23)16-26(15-20-10-6-12-29-20)14-19-8-3-4-11-21(19)27-2/h3-13H,14-16H2,1-2H3. The van der Waals surface area contributed by atoms with E-state index in [2.05, 4.69) is 57.7 Å². The quantitative estimate of drug-likeness (QED) is 0.397. The molecule has 0 atom stereocenters. The van der Waals surface area contributed by atoms with Crippen LogP contribution in [-0.4, -0.2) is 22.2 Å². The van der Waals surface area contributed by atoms with Gasteiger partial charge in [0.1, 0.15) is 5.75 Å². The van der Waals surface area contributed by atoms with E-state index in [-0.39, 0.29) is 0 Å². The summed E-state index contributed by atoms with van der Waals surface area (Å²) in [5.41, 5.74) is 3.24. The number of thiophene rings is 1. The van der Waals surface area contributed by atoms with E-state index in [0.717, 1.165) is 35.5 Å². The fourth-order valence-corrected chi connectivity index (χ4v) is 4.01. The Labute approximate surface area is 174 Å². The number of para-hydroxylation sites is 1. The summed E-state index contributed by atoms with van der Waals surface area (Å²) < 4.78 is 11.5. The van der Waals surface area contributed by atoms with Crippen molar-refractivity contribution in [1.82, 2.24) is 15.1 Å². The van der Waals surface area contributed by atoms with E-state index in [0.29, 0.717) is 18.3 Å². The molecule has 0 N–H and O–H groups in total. The molecular formula is C23H23N3O2S. The normalized spacial score (nSPS) is 11.1. The Morgan fingerprint density at radius 3 is 2.66 bits per heavy atom. The Morgan fingerprint density at radius 1 is 0.966 bits per heavy atom. The molecule has 0 saturated carbocycles. The number of aromatic nitrogens is 2. The summed E-state index contributed by atoms with van der Waals surface area (Å²) >= 11 is 1.75. The lowest BCUT2D eigenvalue weighted by Crippen LogP contribution is -2.22. The number of methoxy groups -OCH3 is 1. The van der Waals surface area contributed by atoms with Crippen molar-refractivity contribution >= 4 is 11.3 Å². The van der Waals surface area contributed by atoms with Crippen molar-refractivity contribution in [3.8, 4) is 17.2 Å². The highest BCUT2D eigenvalue weighted by atomic mass is 32.1. The highest BCUT2D eigenvalue weighted by molar-refractivity contribution is 7.09. The summed E-state index contributed by atoms with van der Waals surface area (Å²) in [5.74, 6) is 2.04. The van der Waals surface area contributed by atoms with E-state index in [1.165, 1.54) is 4.88 Å². The fourth-order valence-electron chi connectivity index (χ4n) is 3.27. The maximum Gasteiger partial charge on any atom is 0.247 e. The van der Waals surface area contributed by atoms with Crippen molar-refractivity contribution in [3.63, 3.8) is 0 Å². The zero-order valence-electron chi connectivity index (χ0n) is 16.5. The highest BCUT2D eigenvalue weighted by Gasteiger charge is 2.16. The fraction of sp³-hybridized carbons (Fsp3) is 0.217. The van der Waals surface area contributed by atoms with Crippen LogP contribution >= 0.6 is 11.3 Å². The molecule has 4 aromatic rings. The summed E-state index contributed by atoms with van der Waals surface area (Å²) in [7, 11) is 1.70. The van der Waals surface area contributed by atoms with Crippen molar-refractivity contribution in [2.45, 2.75) is 26.6 Å². The van der Waals surface area contributed by atoms with Crippen LogP contribution in [0, 0.1) is 6.92 Å². The van der Waals surface area contributed by atoms with Crippen molar-refractivity contribution in [2.24, 2.45) is 0 Å². The van der Waals surface area contributed by atoms with E-state index in [1.54, 1.807) is 18.4 Å². The third kappa shape index (κ3) is 4.91. The minimum absolute atomic E-state index is 0.553. The second-order valence-electron chi connectivity index (χ2n) is 6.91. The summed E-state index contributed by atoms with van der Waals surface area (Å²) in [6, 6.07) is 20.4. The van der Waals surface area contributed by atoms with Gasteiger partial charge in [-0.1, -0.05) is 42.0 Å². The molecule has 6 heteroatoms. The van der Waals surface area contributed by atoms with Gasteiger partial charge in [-0.3, -0.25) is 4.90 Å². The Balaban J connectivity index is 1.55. The number of hydrogen-bond acceptors (Lipinski definition) is 6. The van der Waals surface area contributed by atoms with Crippen LogP contribution in [0.1, 0.15) is 21.9 Å². The van der Waals surface area contributed by atoms with E-state index in [9.17, 15) is 0 Å². The molecule has 0 saturated heterocycles. The van der Waals surface area contributed by atoms with Gasteiger partial charge in [-0.05, 0) is 36.6 Å². The van der Waals surface area contributed by atoms with Gasteiger partial charge in [0.05, 0.1) is 13.7 Å². The Morgan fingerprint density at radius 2 is 1.86 bits per heavy atom. The molecule has 4 rings (SSSR count). The first-order valence-electron chi connectivity index (χ1n) is 9.47. The molecule has 0 aliphatic rings. The SMILES string of the molecule is COc1ccccc1CN(Cc1nnc(-c2cccc(C)c2)o1)Cc1cccs1. The minimum atomic E-state index is 0.553. The van der Waals surface area contributed by atoms with E-state index in [1.807, 2.05) is 30.3 Å². The lowest BCUT2D eigenvalue weighted by Gasteiger charge is -2.21. The van der Waals surface area contributed by atoms with Gasteiger partial charge in [0, 0.05) is 29.1 Å². The number of rotatable bonds is 8. The van der Waals surface area contributed by atoms with Crippen LogP contribution < -0.4 is 4.74 Å². The zero-order chi connectivity index (χ0) is 20.1. The predicted molar refractivity (Wildman–Crippen MR) is 115 cm³/mol. The molecule has 0 spiro atoms. The first kappa shape index (κ1) is 19.4. The summed E-state index contributed by atoms with van der Waals surface area (Å²) in [4.78, 5) is 3.58. The Kier molecular flexibility index (Phi) is 6.03. The van der Waals surface area contributed by atoms with Crippen molar-refractivity contribution in [1.29, 1.82) is 0 Å². The van der Waals surface area contributed by atoms with E-state index >= 15 is 0 Å². The van der Waals surface area contributed by atoms with Crippen LogP contribution in [0.15, 0.2) is 70.5 Å². The number of hydrogen-bond donors (Lipinski definition) is 0. The molecule has 0 fully saturated rings. The molecule has 5 nitrogen and oxygen atoms in total. The van der Waals surface area contributed by atoms with Crippen LogP contribution in [0.25, 0.3) is 11.5 Å². The van der Waals surface area contributed by atoms with Crippen LogP contribution in [0.3, 0.4) is 0 Å². The molecule has 0 unspecified atom stereocenters. The molecule has 0 radical (unpaired) electrons. The average Bonchev–Trinajstić information content (AvgIpc) is 3.41. The van der Waals surface area contributed by atoms with Crippen molar-refractivity contribution in [2.75, 3.05) is 7.11 Å². The van der Waals surface area contributed by atoms with E-state index < -0.39 is 0 Å². The van der Waals surface area contributed by atoms with Gasteiger partial charge in [-0.15, -0.1) is 21.5 Å². The highest BCUT2D eigenvalue weighted by Crippen LogP contribution is 2.24. The third-order valence-corrected chi connectivity index (χ3v) is 5.50. The molecule has 0 aliphatic heterocycles. The zero-order valence-corrected chi connectivity index (χ0v) is 17.4. The minimum Gasteiger partial charge on any atom is -0.496 e. The topological polar surface area (TPSA) is 51.4 Å². The maximum absolute atomic E-state index is 5.98. The van der Waals surface area contributed by atoms with Gasteiger partial charge in [0.15, 0.2) is 0 Å². The van der Waals surface area contributed by atoms with Gasteiger partial charge in [0.25, 0.3) is 0 Å². The second kappa shape index (κ2) is 9.03. The lowest BCUT2D eigenvalue weighted by molar-refractivity contribution is 0.222. The first-order valence-corrected chi connectivity index (χ1v) is 10.4. The first-order chi connectivity index (χ1) is 14.2. The molecule has 0 aliphatic carbocycles. The molecule has 29 heavy (non-hydrogen) atoms. The van der Waals surface area contributed by atoms with Crippen LogP contribution in [0.2, 0.25) is 0 Å². The largest absolute Gasteiger partial charge is 0.496 e. The van der Waals surface area contributed by atoms with Crippen LogP contribution in [0.4, 0.5) is 0 Å². The smallest absolute Gasteiger partial charge is 0.247 e. The van der Waals surface area contributed by atoms with E-state index in [4.69, 9.17) is 9.15 Å². The predicted octanol–water partition coefficient (Wildman–Crippen LogP) is 5.32. The molecular weight excluding hydrogens is 382 g/mol. The van der Waals surface area contributed by atoms with Crippen LogP contribution in [0.5, 0.6) is 5.75 Å². The summed E-state index contributed by atoms with van der Waals surface area (Å²) in [5, 5.41) is 10.6. The molecule has 2 aromatic carbocycles. The number of aryl methyl sites for hydroxylation is 1. The molecule has 2 aromatic heterocycles. The summed E-state index contributed by atoms with van der Waals surface area (Å²) in [6.07, 6.45) is 0. The monoisotopic (exact) mass is 405 g/mol. The van der Waals surface area contributed by atoms with Gasteiger partial charge in [0.2, 0.25) is 11.8 Å². The lowest BCUT2D eigenvalue weighted by atomic mass is 10.1. The van der Waals surface area contributed by atoms with Crippen LogP contribution in [-0.2, 0) is 19.6 Å². The summed E-state index contributed by atoms with van der Waals surface area (Å²) in [6.45, 7) is 4.15. The number of nitrogens with zero attached hydrogens (tertiary/aromatic N) is 3. The number of ether oxygens (including phenoxy) is 1. The molecule has 0 bridgehead atoms. The second-order valence-corrected chi connectivity index (χ2v) is 7.94. The Hall–Kier alpha value is -2.96. The van der Waals surface area contributed by atoms with Crippen molar-refractivity contribution < 1.29 is 9.15 Å². The van der Waals surface area contributed by atoms with Gasteiger partial charge >= 0.3 is 0 Å². The average molecular weight is 406 g/mol.